The van der Waals surface area contributed by atoms with Crippen LogP contribution >= 0.6 is 0 Å². The van der Waals surface area contributed by atoms with Gasteiger partial charge in [0.15, 0.2) is 11.6 Å². The highest BCUT2D eigenvalue weighted by Gasteiger charge is 2.23. The maximum Gasteiger partial charge on any atom is 0.254 e. The molecule has 4 rings (SSSR count). The van der Waals surface area contributed by atoms with Crippen molar-refractivity contribution in [1.29, 1.82) is 5.26 Å². The number of imidazole rings is 1. The number of amides is 1. The summed E-state index contributed by atoms with van der Waals surface area (Å²) in [5.41, 5.74) is 1.04. The molecule has 28 heavy (non-hydrogen) atoms. The molecule has 3 heterocycles. The fourth-order valence-corrected chi connectivity index (χ4v) is 3.28. The van der Waals surface area contributed by atoms with Crippen LogP contribution in [0.1, 0.15) is 21.7 Å². The van der Waals surface area contributed by atoms with Crippen LogP contribution in [0.3, 0.4) is 0 Å². The molecule has 0 unspecified atom stereocenters. The van der Waals surface area contributed by atoms with Crippen molar-refractivity contribution in [3.63, 3.8) is 0 Å². The number of nitrogens with zero attached hydrogens (tertiary/aromatic N) is 7. The topological polar surface area (TPSA) is 90.9 Å². The average Bonchev–Trinajstić information content (AvgIpc) is 3.19. The first-order valence-electron chi connectivity index (χ1n) is 9.04. The predicted octanol–water partition coefficient (Wildman–Crippen LogP) is 1.80. The summed E-state index contributed by atoms with van der Waals surface area (Å²) >= 11 is 0. The van der Waals surface area contributed by atoms with Crippen LogP contribution in [0.4, 0.5) is 5.82 Å². The zero-order valence-corrected chi connectivity index (χ0v) is 15.5. The molecular weight excluding hydrogens is 354 g/mol. The van der Waals surface area contributed by atoms with Gasteiger partial charge >= 0.3 is 0 Å². The lowest BCUT2D eigenvalue weighted by molar-refractivity contribution is 0.0746. The molecule has 1 aromatic carbocycles. The van der Waals surface area contributed by atoms with Gasteiger partial charge < -0.3 is 9.80 Å². The number of nitriles is 1. The van der Waals surface area contributed by atoms with Crippen LogP contribution in [0.25, 0.3) is 5.82 Å². The van der Waals surface area contributed by atoms with Gasteiger partial charge in [0.25, 0.3) is 5.91 Å². The fourth-order valence-electron chi connectivity index (χ4n) is 3.28. The van der Waals surface area contributed by atoms with E-state index < -0.39 is 0 Å². The number of anilines is 1. The van der Waals surface area contributed by atoms with Gasteiger partial charge in [0.1, 0.15) is 5.82 Å². The van der Waals surface area contributed by atoms with Gasteiger partial charge in [-0.15, -0.1) is 10.2 Å². The number of hydrogen-bond acceptors (Lipinski definition) is 6. The van der Waals surface area contributed by atoms with Crippen LogP contribution < -0.4 is 4.90 Å². The van der Waals surface area contributed by atoms with Crippen molar-refractivity contribution < 1.29 is 4.79 Å². The van der Waals surface area contributed by atoms with Gasteiger partial charge in [0.2, 0.25) is 0 Å². The number of hydrogen-bond donors (Lipinski definition) is 0. The van der Waals surface area contributed by atoms with Crippen LogP contribution in [-0.2, 0) is 0 Å². The number of rotatable bonds is 3. The number of piperazine rings is 1. The van der Waals surface area contributed by atoms with Crippen molar-refractivity contribution in [2.75, 3.05) is 31.1 Å². The summed E-state index contributed by atoms with van der Waals surface area (Å²) in [5.74, 6) is 2.33. The summed E-state index contributed by atoms with van der Waals surface area (Å²) in [6, 6.07) is 12.7. The average molecular weight is 373 g/mol. The SMILES string of the molecule is Cc1nccn1-c1ccc(N2CCN(C(=O)c3cccc(C#N)c3)CC2)nn1. The Kier molecular flexibility index (Phi) is 4.72. The Morgan fingerprint density at radius 3 is 2.46 bits per heavy atom. The first-order chi connectivity index (χ1) is 13.7. The van der Waals surface area contributed by atoms with Crippen LogP contribution in [0.2, 0.25) is 0 Å². The lowest BCUT2D eigenvalue weighted by atomic mass is 10.1. The number of carbonyl (C=O) groups excluding carboxylic acids is 1. The van der Waals surface area contributed by atoms with Crippen molar-refractivity contribution in [2.24, 2.45) is 0 Å². The van der Waals surface area contributed by atoms with Crippen molar-refractivity contribution in [2.45, 2.75) is 6.92 Å². The largest absolute Gasteiger partial charge is 0.352 e. The van der Waals surface area contributed by atoms with Gasteiger partial charge in [-0.1, -0.05) is 6.07 Å². The molecule has 0 bridgehead atoms. The van der Waals surface area contributed by atoms with Gasteiger partial charge in [-0.05, 0) is 37.3 Å². The monoisotopic (exact) mass is 373 g/mol. The molecule has 1 saturated heterocycles. The molecule has 0 atom stereocenters. The molecule has 2 aromatic heterocycles. The molecule has 0 N–H and O–H groups in total. The van der Waals surface area contributed by atoms with E-state index in [9.17, 15) is 4.79 Å². The minimum atomic E-state index is -0.0474. The maximum absolute atomic E-state index is 12.7. The third-order valence-corrected chi connectivity index (χ3v) is 4.84. The molecule has 1 aliphatic rings. The Hall–Kier alpha value is -3.73. The molecular formula is C20H19N7O. The van der Waals surface area contributed by atoms with E-state index >= 15 is 0 Å². The fraction of sp³-hybridized carbons (Fsp3) is 0.250. The van der Waals surface area contributed by atoms with Gasteiger partial charge in [-0.2, -0.15) is 5.26 Å². The van der Waals surface area contributed by atoms with E-state index in [1.165, 1.54) is 0 Å². The van der Waals surface area contributed by atoms with E-state index in [0.29, 0.717) is 37.3 Å². The summed E-state index contributed by atoms with van der Waals surface area (Å²) in [5, 5.41) is 17.6. The van der Waals surface area contributed by atoms with E-state index in [1.54, 1.807) is 30.5 Å². The molecule has 0 radical (unpaired) electrons. The molecule has 140 valence electrons. The quantitative estimate of drug-likeness (QED) is 0.695. The molecule has 8 heteroatoms. The second-order valence-electron chi connectivity index (χ2n) is 6.57. The maximum atomic E-state index is 12.7. The number of benzene rings is 1. The Morgan fingerprint density at radius 1 is 1.07 bits per heavy atom. The van der Waals surface area contributed by atoms with E-state index in [-0.39, 0.29) is 5.91 Å². The van der Waals surface area contributed by atoms with E-state index in [2.05, 4.69) is 26.2 Å². The standard InChI is InChI=1S/C20H19N7O/c1-15-22-7-8-27(15)19-6-5-18(23-24-19)25-9-11-26(12-10-25)20(28)17-4-2-3-16(13-17)14-21/h2-8,13H,9-12H2,1H3. The summed E-state index contributed by atoms with van der Waals surface area (Å²) in [6.07, 6.45) is 3.58. The van der Waals surface area contributed by atoms with Crippen LogP contribution in [-0.4, -0.2) is 56.7 Å². The van der Waals surface area contributed by atoms with E-state index in [4.69, 9.17) is 5.26 Å². The summed E-state index contributed by atoms with van der Waals surface area (Å²) < 4.78 is 1.88. The predicted molar refractivity (Wildman–Crippen MR) is 103 cm³/mol. The highest BCUT2D eigenvalue weighted by Crippen LogP contribution is 2.16. The van der Waals surface area contributed by atoms with Gasteiger partial charge in [-0.25, -0.2) is 4.98 Å². The first kappa shape index (κ1) is 17.7. The lowest BCUT2D eigenvalue weighted by Gasteiger charge is -2.35. The highest BCUT2D eigenvalue weighted by molar-refractivity contribution is 5.94. The van der Waals surface area contributed by atoms with Gasteiger partial charge in [0.05, 0.1) is 11.6 Å². The van der Waals surface area contributed by atoms with Gasteiger partial charge in [0, 0.05) is 44.1 Å². The summed E-state index contributed by atoms with van der Waals surface area (Å²) in [6.45, 7) is 4.47. The Labute approximate surface area is 162 Å². The van der Waals surface area contributed by atoms with Crippen molar-refractivity contribution in [3.8, 4) is 11.9 Å². The van der Waals surface area contributed by atoms with Gasteiger partial charge in [-0.3, -0.25) is 9.36 Å². The normalized spacial score (nSPS) is 14.0. The second-order valence-corrected chi connectivity index (χ2v) is 6.57. The highest BCUT2D eigenvalue weighted by atomic mass is 16.2. The molecule has 8 nitrogen and oxygen atoms in total. The Balaban J connectivity index is 1.40. The molecule has 3 aromatic rings. The van der Waals surface area contributed by atoms with Crippen LogP contribution in [0.15, 0.2) is 48.8 Å². The zero-order valence-electron chi connectivity index (χ0n) is 15.5. The third kappa shape index (κ3) is 3.42. The van der Waals surface area contributed by atoms with Crippen molar-refractivity contribution in [3.05, 3.63) is 65.7 Å². The van der Waals surface area contributed by atoms with E-state index in [0.717, 1.165) is 17.5 Å². The number of aryl methyl sites for hydroxylation is 1. The molecule has 0 spiro atoms. The van der Waals surface area contributed by atoms with Crippen molar-refractivity contribution in [1.82, 2.24) is 24.6 Å². The smallest absolute Gasteiger partial charge is 0.254 e. The summed E-state index contributed by atoms with van der Waals surface area (Å²) in [7, 11) is 0. The molecule has 1 fully saturated rings. The second kappa shape index (κ2) is 7.48. The number of aromatic nitrogens is 4. The number of carbonyl (C=O) groups is 1. The Morgan fingerprint density at radius 2 is 1.82 bits per heavy atom. The lowest BCUT2D eigenvalue weighted by Crippen LogP contribution is -2.49. The molecule has 1 amide bonds. The third-order valence-electron chi connectivity index (χ3n) is 4.84. The molecule has 0 aliphatic carbocycles. The van der Waals surface area contributed by atoms with E-state index in [1.807, 2.05) is 34.7 Å². The minimum Gasteiger partial charge on any atom is -0.352 e. The minimum absolute atomic E-state index is 0.0474. The molecule has 1 aliphatic heterocycles. The van der Waals surface area contributed by atoms with Crippen LogP contribution in [0.5, 0.6) is 0 Å². The summed E-state index contributed by atoms with van der Waals surface area (Å²) in [4.78, 5) is 20.8. The zero-order chi connectivity index (χ0) is 19.5. The van der Waals surface area contributed by atoms with Crippen molar-refractivity contribution >= 4 is 11.7 Å². The molecule has 0 saturated carbocycles. The first-order valence-corrected chi connectivity index (χ1v) is 9.04. The Bertz CT molecular complexity index is 1030. The van der Waals surface area contributed by atoms with Crippen LogP contribution in [0, 0.1) is 18.3 Å².